The number of nitriles is 1. The Morgan fingerprint density at radius 2 is 2.00 bits per heavy atom. The maximum atomic E-state index is 11.9. The van der Waals surface area contributed by atoms with Gasteiger partial charge in [-0.3, -0.25) is 4.79 Å². The SMILES string of the molecule is Cc1cccc(Cl)c1NC(=O)COc1ccc(C#N)cc1. The quantitative estimate of drug-likeness (QED) is 0.939. The molecule has 106 valence electrons. The van der Waals surface area contributed by atoms with Crippen molar-refractivity contribution in [2.45, 2.75) is 6.92 Å². The highest BCUT2D eigenvalue weighted by Gasteiger charge is 2.09. The molecule has 0 bridgehead atoms. The Morgan fingerprint density at radius 3 is 2.62 bits per heavy atom. The van der Waals surface area contributed by atoms with Crippen LogP contribution in [-0.2, 0) is 4.79 Å². The van der Waals surface area contributed by atoms with E-state index in [-0.39, 0.29) is 12.5 Å². The molecule has 0 fully saturated rings. The Morgan fingerprint density at radius 1 is 1.29 bits per heavy atom. The number of nitrogens with one attached hydrogen (secondary N) is 1. The van der Waals surface area contributed by atoms with Crippen LogP contribution in [0.1, 0.15) is 11.1 Å². The van der Waals surface area contributed by atoms with Crippen molar-refractivity contribution < 1.29 is 9.53 Å². The molecule has 21 heavy (non-hydrogen) atoms. The molecule has 0 aliphatic heterocycles. The molecular formula is C16H13ClN2O2. The lowest BCUT2D eigenvalue weighted by Crippen LogP contribution is -2.20. The topological polar surface area (TPSA) is 62.1 Å². The third-order valence-electron chi connectivity index (χ3n) is 2.84. The number of hydrogen-bond acceptors (Lipinski definition) is 3. The smallest absolute Gasteiger partial charge is 0.262 e. The molecule has 0 aromatic heterocycles. The van der Waals surface area contributed by atoms with Crippen molar-refractivity contribution in [3.8, 4) is 11.8 Å². The summed E-state index contributed by atoms with van der Waals surface area (Å²) in [5, 5.41) is 11.9. The van der Waals surface area contributed by atoms with Gasteiger partial charge in [-0.15, -0.1) is 0 Å². The highest BCUT2D eigenvalue weighted by Crippen LogP contribution is 2.25. The number of rotatable bonds is 4. The largest absolute Gasteiger partial charge is 0.484 e. The fourth-order valence-corrected chi connectivity index (χ4v) is 2.01. The Labute approximate surface area is 127 Å². The summed E-state index contributed by atoms with van der Waals surface area (Å²) in [7, 11) is 0. The first-order chi connectivity index (χ1) is 10.1. The van der Waals surface area contributed by atoms with Gasteiger partial charge in [0, 0.05) is 0 Å². The number of carbonyl (C=O) groups excluding carboxylic acids is 1. The molecule has 0 aliphatic rings. The van der Waals surface area contributed by atoms with Crippen LogP contribution in [0.15, 0.2) is 42.5 Å². The second-order valence-corrected chi connectivity index (χ2v) is 4.81. The minimum absolute atomic E-state index is 0.128. The Kier molecular flexibility index (Phi) is 4.81. The molecule has 0 unspecified atom stereocenters. The number of aryl methyl sites for hydroxylation is 1. The minimum Gasteiger partial charge on any atom is -0.484 e. The zero-order valence-electron chi connectivity index (χ0n) is 11.4. The van der Waals surface area contributed by atoms with Crippen molar-refractivity contribution in [2.75, 3.05) is 11.9 Å². The van der Waals surface area contributed by atoms with E-state index < -0.39 is 0 Å². The number of anilines is 1. The van der Waals surface area contributed by atoms with Gasteiger partial charge in [0.1, 0.15) is 5.75 Å². The monoisotopic (exact) mass is 300 g/mol. The van der Waals surface area contributed by atoms with E-state index in [9.17, 15) is 4.79 Å². The number of hydrogen-bond donors (Lipinski definition) is 1. The third-order valence-corrected chi connectivity index (χ3v) is 3.15. The van der Waals surface area contributed by atoms with Crippen LogP contribution in [0.25, 0.3) is 0 Å². The van der Waals surface area contributed by atoms with Crippen molar-refractivity contribution in [2.24, 2.45) is 0 Å². The highest BCUT2D eigenvalue weighted by molar-refractivity contribution is 6.33. The summed E-state index contributed by atoms with van der Waals surface area (Å²) < 4.78 is 5.35. The summed E-state index contributed by atoms with van der Waals surface area (Å²) in [6, 6.07) is 14.0. The number of nitrogens with zero attached hydrogens (tertiary/aromatic N) is 1. The molecule has 0 atom stereocenters. The number of benzene rings is 2. The van der Waals surface area contributed by atoms with Crippen molar-refractivity contribution in [1.82, 2.24) is 0 Å². The van der Waals surface area contributed by atoms with Crippen molar-refractivity contribution in [1.29, 1.82) is 5.26 Å². The minimum atomic E-state index is -0.296. The Hall–Kier alpha value is -2.51. The van der Waals surface area contributed by atoms with Crippen molar-refractivity contribution in [3.05, 3.63) is 58.6 Å². The van der Waals surface area contributed by atoms with E-state index in [0.29, 0.717) is 22.0 Å². The molecule has 4 nitrogen and oxygen atoms in total. The molecule has 2 rings (SSSR count). The van der Waals surface area contributed by atoms with Gasteiger partial charge in [0.15, 0.2) is 6.61 Å². The molecule has 0 heterocycles. The zero-order valence-corrected chi connectivity index (χ0v) is 12.1. The first-order valence-corrected chi connectivity index (χ1v) is 6.66. The first-order valence-electron chi connectivity index (χ1n) is 6.28. The van der Waals surface area contributed by atoms with Crippen LogP contribution in [0.5, 0.6) is 5.75 Å². The van der Waals surface area contributed by atoms with Crippen LogP contribution in [0.3, 0.4) is 0 Å². The summed E-state index contributed by atoms with van der Waals surface area (Å²) in [6.45, 7) is 1.74. The fraction of sp³-hybridized carbons (Fsp3) is 0.125. The Balaban J connectivity index is 1.94. The van der Waals surface area contributed by atoms with Gasteiger partial charge in [-0.1, -0.05) is 23.7 Å². The molecule has 0 aliphatic carbocycles. The summed E-state index contributed by atoms with van der Waals surface area (Å²) in [5.41, 5.74) is 2.01. The van der Waals surface area contributed by atoms with Crippen molar-refractivity contribution in [3.63, 3.8) is 0 Å². The molecule has 0 saturated heterocycles. The molecular weight excluding hydrogens is 288 g/mol. The molecule has 0 spiro atoms. The van der Waals surface area contributed by atoms with Crippen LogP contribution >= 0.6 is 11.6 Å². The summed E-state index contributed by atoms with van der Waals surface area (Å²) in [5.74, 6) is 0.232. The van der Waals surface area contributed by atoms with Gasteiger partial charge in [-0.05, 0) is 42.8 Å². The lowest BCUT2D eigenvalue weighted by atomic mass is 10.2. The normalized spacial score (nSPS) is 9.76. The summed E-state index contributed by atoms with van der Waals surface area (Å²) >= 11 is 6.04. The molecule has 1 amide bonds. The van der Waals surface area contributed by atoms with Crippen LogP contribution in [0, 0.1) is 18.3 Å². The fourth-order valence-electron chi connectivity index (χ4n) is 1.74. The van der Waals surface area contributed by atoms with Crippen LogP contribution in [0.2, 0.25) is 5.02 Å². The number of ether oxygens (including phenoxy) is 1. The Bertz CT molecular complexity index is 670. The molecule has 0 radical (unpaired) electrons. The maximum Gasteiger partial charge on any atom is 0.262 e. The predicted octanol–water partition coefficient (Wildman–Crippen LogP) is 3.54. The third kappa shape index (κ3) is 3.98. The lowest BCUT2D eigenvalue weighted by Gasteiger charge is -2.11. The van der Waals surface area contributed by atoms with E-state index in [1.54, 1.807) is 30.3 Å². The molecule has 5 heteroatoms. The van der Waals surface area contributed by atoms with Crippen LogP contribution < -0.4 is 10.1 Å². The lowest BCUT2D eigenvalue weighted by molar-refractivity contribution is -0.118. The van der Waals surface area contributed by atoms with Crippen molar-refractivity contribution >= 4 is 23.2 Å². The molecule has 2 aromatic rings. The highest BCUT2D eigenvalue weighted by atomic mass is 35.5. The number of carbonyl (C=O) groups is 1. The average molecular weight is 301 g/mol. The van der Waals surface area contributed by atoms with E-state index in [1.165, 1.54) is 0 Å². The van der Waals surface area contributed by atoms with E-state index in [2.05, 4.69) is 5.32 Å². The van der Waals surface area contributed by atoms with Gasteiger partial charge < -0.3 is 10.1 Å². The first kappa shape index (κ1) is 14.9. The van der Waals surface area contributed by atoms with E-state index in [4.69, 9.17) is 21.6 Å². The second kappa shape index (κ2) is 6.78. The summed E-state index contributed by atoms with van der Waals surface area (Å²) in [6.07, 6.45) is 0. The van der Waals surface area contributed by atoms with Gasteiger partial charge in [0.25, 0.3) is 5.91 Å². The van der Waals surface area contributed by atoms with Crippen LogP contribution in [0.4, 0.5) is 5.69 Å². The van der Waals surface area contributed by atoms with E-state index in [1.807, 2.05) is 25.1 Å². The van der Waals surface area contributed by atoms with Crippen LogP contribution in [-0.4, -0.2) is 12.5 Å². The second-order valence-electron chi connectivity index (χ2n) is 4.40. The molecule has 2 aromatic carbocycles. The number of para-hydroxylation sites is 1. The number of halogens is 1. The van der Waals surface area contributed by atoms with Gasteiger partial charge in [-0.2, -0.15) is 5.26 Å². The van der Waals surface area contributed by atoms with E-state index in [0.717, 1.165) is 5.56 Å². The van der Waals surface area contributed by atoms with Gasteiger partial charge in [0.2, 0.25) is 0 Å². The maximum absolute atomic E-state index is 11.9. The molecule has 0 saturated carbocycles. The zero-order chi connectivity index (χ0) is 15.2. The number of amides is 1. The van der Waals surface area contributed by atoms with Gasteiger partial charge in [-0.25, -0.2) is 0 Å². The van der Waals surface area contributed by atoms with Gasteiger partial charge >= 0.3 is 0 Å². The van der Waals surface area contributed by atoms with E-state index >= 15 is 0 Å². The summed E-state index contributed by atoms with van der Waals surface area (Å²) in [4.78, 5) is 11.9. The van der Waals surface area contributed by atoms with Gasteiger partial charge in [0.05, 0.1) is 22.3 Å². The standard InChI is InChI=1S/C16H13ClN2O2/c1-11-3-2-4-14(17)16(11)19-15(20)10-21-13-7-5-12(9-18)6-8-13/h2-8H,10H2,1H3,(H,19,20). The average Bonchev–Trinajstić information content (AvgIpc) is 2.49. The predicted molar refractivity (Wildman–Crippen MR) is 81.5 cm³/mol. The molecule has 1 N–H and O–H groups in total.